The van der Waals surface area contributed by atoms with E-state index < -0.39 is 12.4 Å². The van der Waals surface area contributed by atoms with E-state index in [-0.39, 0.29) is 12.4 Å². The number of carbonyl (C=O) groups excluding carboxylic acids is 1. The molecule has 0 fully saturated rings. The van der Waals surface area contributed by atoms with Crippen molar-refractivity contribution in [2.45, 2.75) is 6.42 Å². The van der Waals surface area contributed by atoms with Crippen molar-refractivity contribution >= 4 is 34.3 Å². The molecule has 0 spiro atoms. The first kappa shape index (κ1) is 10.8. The Kier molecular flexibility index (Phi) is 6.43. The Balaban J connectivity index is 3.30. The molecule has 0 saturated carbocycles. The van der Waals surface area contributed by atoms with Crippen molar-refractivity contribution in [1.29, 1.82) is 0 Å². The van der Waals surface area contributed by atoms with E-state index in [9.17, 15) is 9.59 Å². The average Bonchev–Trinajstić information content (AvgIpc) is 1.86. The van der Waals surface area contributed by atoms with Gasteiger partial charge in [0.1, 0.15) is 13.0 Å². The molecule has 0 amide bonds. The Morgan fingerprint density at radius 1 is 1.45 bits per heavy atom. The number of halogens is 1. The second-order valence-corrected chi connectivity index (χ2v) is 2.93. The molecule has 0 aromatic carbocycles. The van der Waals surface area contributed by atoms with Crippen molar-refractivity contribution < 1.29 is 19.4 Å². The van der Waals surface area contributed by atoms with Crippen molar-refractivity contribution in [2.75, 3.05) is 17.6 Å². The molecule has 0 unspecified atom stereocenters. The molecule has 0 heterocycles. The van der Waals surface area contributed by atoms with Crippen LogP contribution in [-0.4, -0.2) is 34.5 Å². The first-order valence-corrected chi connectivity index (χ1v) is 4.56. The number of hydrogen-bond donors (Lipinski definition) is 1. The fraction of sp³-hybridized carbons (Fsp3) is 0.667. The van der Waals surface area contributed by atoms with E-state index in [4.69, 9.17) is 9.84 Å². The number of carboxylic acids is 1. The quantitative estimate of drug-likeness (QED) is 0.330. The van der Waals surface area contributed by atoms with E-state index in [1.807, 2.05) is 0 Å². The maximum absolute atomic E-state index is 10.6. The van der Waals surface area contributed by atoms with Crippen LogP contribution in [0.2, 0.25) is 0 Å². The normalized spacial score (nSPS) is 9.55. The molecule has 0 aromatic rings. The number of Topliss-reactive ketones (excluding diaryl/α,β-unsaturated/α-hetero) is 1. The minimum Gasteiger partial charge on any atom is -0.481 e. The van der Waals surface area contributed by atoms with Gasteiger partial charge in [-0.2, -0.15) is 0 Å². The molecule has 0 aliphatic heterocycles. The summed E-state index contributed by atoms with van der Waals surface area (Å²) in [6, 6.07) is 0. The Morgan fingerprint density at radius 3 is 2.55 bits per heavy atom. The molecule has 0 saturated heterocycles. The van der Waals surface area contributed by atoms with Crippen LogP contribution in [0.5, 0.6) is 0 Å². The molecule has 0 aromatic heterocycles. The van der Waals surface area contributed by atoms with E-state index in [1.165, 1.54) is 0 Å². The van der Waals surface area contributed by atoms with Crippen LogP contribution in [0.3, 0.4) is 0 Å². The van der Waals surface area contributed by atoms with Gasteiger partial charge in [-0.05, 0) is 0 Å². The zero-order valence-electron chi connectivity index (χ0n) is 5.88. The summed E-state index contributed by atoms with van der Waals surface area (Å²) in [5.74, 6) is -1.49. The van der Waals surface area contributed by atoms with Crippen LogP contribution < -0.4 is 0 Å². The molecule has 64 valence electrons. The molecule has 5 heteroatoms. The van der Waals surface area contributed by atoms with Gasteiger partial charge in [0.05, 0.1) is 6.61 Å². The molecule has 11 heavy (non-hydrogen) atoms. The Morgan fingerprint density at radius 2 is 2.09 bits per heavy atom. The van der Waals surface area contributed by atoms with Gasteiger partial charge in [0.25, 0.3) is 0 Å². The van der Waals surface area contributed by atoms with Gasteiger partial charge in [-0.1, -0.05) is 22.6 Å². The van der Waals surface area contributed by atoms with Crippen molar-refractivity contribution in [3.05, 3.63) is 0 Å². The molecule has 0 atom stereocenters. The van der Waals surface area contributed by atoms with E-state index in [0.717, 1.165) is 4.43 Å². The summed E-state index contributed by atoms with van der Waals surface area (Å²) in [7, 11) is 0. The molecule has 0 radical (unpaired) electrons. The highest BCUT2D eigenvalue weighted by molar-refractivity contribution is 14.1. The third kappa shape index (κ3) is 7.73. The van der Waals surface area contributed by atoms with Gasteiger partial charge in [0.2, 0.25) is 0 Å². The fourth-order valence-corrected chi connectivity index (χ4v) is 0.772. The topological polar surface area (TPSA) is 63.6 Å². The van der Waals surface area contributed by atoms with Gasteiger partial charge in [-0.3, -0.25) is 9.59 Å². The lowest BCUT2D eigenvalue weighted by molar-refractivity contribution is -0.141. The lowest BCUT2D eigenvalue weighted by Crippen LogP contribution is -2.13. The van der Waals surface area contributed by atoms with E-state index in [0.29, 0.717) is 6.61 Å². The zero-order chi connectivity index (χ0) is 8.69. The molecule has 0 aliphatic carbocycles. The number of ether oxygens (including phenoxy) is 1. The van der Waals surface area contributed by atoms with Gasteiger partial charge < -0.3 is 9.84 Å². The third-order valence-corrected chi connectivity index (χ3v) is 1.27. The molecule has 1 N–H and O–H groups in total. The largest absolute Gasteiger partial charge is 0.481 e. The zero-order valence-corrected chi connectivity index (χ0v) is 8.04. The van der Waals surface area contributed by atoms with Gasteiger partial charge in [-0.15, -0.1) is 0 Å². The smallest absolute Gasteiger partial charge is 0.310 e. The van der Waals surface area contributed by atoms with Crippen LogP contribution in [0, 0.1) is 0 Å². The average molecular weight is 272 g/mol. The SMILES string of the molecule is O=C(O)CC(=O)COCCI. The number of aliphatic carboxylic acids is 1. The van der Waals surface area contributed by atoms with E-state index in [1.54, 1.807) is 0 Å². The molecule has 4 nitrogen and oxygen atoms in total. The maximum Gasteiger partial charge on any atom is 0.310 e. The lowest BCUT2D eigenvalue weighted by atomic mass is 10.3. The van der Waals surface area contributed by atoms with Gasteiger partial charge in [0, 0.05) is 4.43 Å². The summed E-state index contributed by atoms with van der Waals surface area (Å²) in [5, 5.41) is 8.16. The van der Waals surface area contributed by atoms with Crippen LogP contribution in [0.1, 0.15) is 6.42 Å². The van der Waals surface area contributed by atoms with E-state index in [2.05, 4.69) is 22.6 Å². The molecule has 0 bridgehead atoms. The molecular formula is C6H9IO4. The Hall–Kier alpha value is -0.170. The fourth-order valence-electron chi connectivity index (χ4n) is 0.460. The van der Waals surface area contributed by atoms with Crippen LogP contribution in [0.4, 0.5) is 0 Å². The van der Waals surface area contributed by atoms with Crippen molar-refractivity contribution in [3.8, 4) is 0 Å². The summed E-state index contributed by atoms with van der Waals surface area (Å²) < 4.78 is 5.63. The predicted molar refractivity (Wildman–Crippen MR) is 47.0 cm³/mol. The van der Waals surface area contributed by atoms with Crippen molar-refractivity contribution in [3.63, 3.8) is 0 Å². The minimum atomic E-state index is -1.10. The van der Waals surface area contributed by atoms with Crippen LogP contribution in [0.15, 0.2) is 0 Å². The number of alkyl halides is 1. The lowest BCUT2D eigenvalue weighted by Gasteiger charge is -1.97. The second-order valence-electron chi connectivity index (χ2n) is 1.85. The third-order valence-electron chi connectivity index (χ3n) is 0.833. The van der Waals surface area contributed by atoms with Gasteiger partial charge in [0.15, 0.2) is 5.78 Å². The predicted octanol–water partition coefficient (Wildman–Crippen LogP) is 0.482. The Bertz CT molecular complexity index is 146. The summed E-state index contributed by atoms with van der Waals surface area (Å²) in [5.41, 5.74) is 0. The highest BCUT2D eigenvalue weighted by Gasteiger charge is 2.06. The van der Waals surface area contributed by atoms with Crippen molar-refractivity contribution in [2.24, 2.45) is 0 Å². The maximum atomic E-state index is 10.6. The van der Waals surface area contributed by atoms with Crippen molar-refractivity contribution in [1.82, 2.24) is 0 Å². The summed E-state index contributed by atoms with van der Waals surface area (Å²) >= 11 is 2.11. The first-order chi connectivity index (χ1) is 5.16. The highest BCUT2D eigenvalue weighted by atomic mass is 127. The first-order valence-electron chi connectivity index (χ1n) is 3.04. The number of carbonyl (C=O) groups is 2. The number of rotatable bonds is 6. The molecule has 0 rings (SSSR count). The summed E-state index contributed by atoms with van der Waals surface area (Å²) in [6.07, 6.45) is -0.443. The number of carboxylic acid groups (broad SMARTS) is 1. The monoisotopic (exact) mass is 272 g/mol. The minimum absolute atomic E-state index is 0.0880. The summed E-state index contributed by atoms with van der Waals surface area (Å²) in [4.78, 5) is 20.6. The van der Waals surface area contributed by atoms with Crippen LogP contribution >= 0.6 is 22.6 Å². The number of ketones is 1. The Labute approximate surface area is 78.1 Å². The van der Waals surface area contributed by atoms with Crippen LogP contribution in [-0.2, 0) is 14.3 Å². The standard InChI is InChI=1S/C6H9IO4/c7-1-2-11-4-5(8)3-6(9)10/h1-4H2,(H,9,10). The second kappa shape index (κ2) is 6.53. The van der Waals surface area contributed by atoms with Crippen LogP contribution in [0.25, 0.3) is 0 Å². The van der Waals surface area contributed by atoms with Gasteiger partial charge >= 0.3 is 5.97 Å². The highest BCUT2D eigenvalue weighted by Crippen LogP contribution is 1.87. The molecule has 0 aliphatic rings. The van der Waals surface area contributed by atoms with E-state index >= 15 is 0 Å². The van der Waals surface area contributed by atoms with Gasteiger partial charge in [-0.25, -0.2) is 0 Å². The number of hydrogen-bond acceptors (Lipinski definition) is 3. The molecular weight excluding hydrogens is 263 g/mol. The summed E-state index contributed by atoms with van der Waals surface area (Å²) in [6.45, 7) is 0.404.